The number of thiocarbonyl (C=S) groups is 1. The lowest BCUT2D eigenvalue weighted by atomic mass is 10.2. The lowest BCUT2D eigenvalue weighted by molar-refractivity contribution is -0.144. The topological polar surface area (TPSA) is 72.5 Å². The number of carboxylic acid groups (broad SMARTS) is 1. The molecule has 1 atom stereocenters. The molecule has 0 saturated heterocycles. The highest BCUT2D eigenvalue weighted by Gasteiger charge is 2.16. The molecule has 0 amide bonds. The summed E-state index contributed by atoms with van der Waals surface area (Å²) in [4.78, 5) is 10.8. The zero-order valence-electron chi connectivity index (χ0n) is 8.44. The van der Waals surface area contributed by atoms with Gasteiger partial charge >= 0.3 is 5.97 Å². The molecule has 0 aliphatic rings. The minimum atomic E-state index is -1.08. The summed E-state index contributed by atoms with van der Waals surface area (Å²) in [6, 6.07) is 4.68. The maximum Gasteiger partial charge on any atom is 0.344 e. The number of hydrogen-bond donors (Lipinski definition) is 2. The van der Waals surface area contributed by atoms with Crippen molar-refractivity contribution >= 4 is 34.8 Å². The van der Waals surface area contributed by atoms with Crippen LogP contribution in [-0.2, 0) is 4.79 Å². The van der Waals surface area contributed by atoms with Gasteiger partial charge in [-0.05, 0) is 25.1 Å². The van der Waals surface area contributed by atoms with Gasteiger partial charge in [0.2, 0.25) is 0 Å². The van der Waals surface area contributed by atoms with Crippen LogP contribution >= 0.6 is 23.8 Å². The van der Waals surface area contributed by atoms with Crippen LogP contribution in [0.1, 0.15) is 12.5 Å². The molecule has 6 heteroatoms. The number of ether oxygens (including phenoxy) is 1. The highest BCUT2D eigenvalue weighted by atomic mass is 35.5. The van der Waals surface area contributed by atoms with E-state index in [-0.39, 0.29) is 10.7 Å². The van der Waals surface area contributed by atoms with E-state index in [1.807, 2.05) is 0 Å². The molecule has 86 valence electrons. The van der Waals surface area contributed by atoms with E-state index in [0.717, 1.165) is 0 Å². The van der Waals surface area contributed by atoms with Crippen molar-refractivity contribution in [3.63, 3.8) is 0 Å². The fraction of sp³-hybridized carbons (Fsp3) is 0.200. The van der Waals surface area contributed by atoms with E-state index >= 15 is 0 Å². The van der Waals surface area contributed by atoms with Crippen molar-refractivity contribution in [2.24, 2.45) is 5.73 Å². The van der Waals surface area contributed by atoms with Gasteiger partial charge in [-0.3, -0.25) is 0 Å². The molecule has 0 aliphatic carbocycles. The monoisotopic (exact) mass is 259 g/mol. The van der Waals surface area contributed by atoms with Crippen molar-refractivity contribution in [2.45, 2.75) is 13.0 Å². The predicted molar refractivity (Wildman–Crippen MR) is 65.1 cm³/mol. The molecule has 4 nitrogen and oxygen atoms in total. The molecule has 0 aromatic heterocycles. The zero-order chi connectivity index (χ0) is 12.3. The molecule has 1 aromatic rings. The summed E-state index contributed by atoms with van der Waals surface area (Å²) in [6.45, 7) is 1.41. The molecule has 0 aliphatic heterocycles. The van der Waals surface area contributed by atoms with E-state index in [1.54, 1.807) is 12.1 Å². The average molecular weight is 260 g/mol. The van der Waals surface area contributed by atoms with Crippen LogP contribution in [0.25, 0.3) is 0 Å². The Bertz CT molecular complexity index is 436. The Morgan fingerprint density at radius 2 is 2.25 bits per heavy atom. The molecule has 0 fully saturated rings. The van der Waals surface area contributed by atoms with E-state index in [2.05, 4.69) is 0 Å². The zero-order valence-corrected chi connectivity index (χ0v) is 10.0. The van der Waals surface area contributed by atoms with Crippen LogP contribution in [0.2, 0.25) is 5.02 Å². The first-order valence-corrected chi connectivity index (χ1v) is 5.19. The summed E-state index contributed by atoms with van der Waals surface area (Å²) in [7, 11) is 0. The van der Waals surface area contributed by atoms with Crippen LogP contribution in [0, 0.1) is 0 Å². The van der Waals surface area contributed by atoms with Gasteiger partial charge in [-0.1, -0.05) is 23.8 Å². The highest BCUT2D eigenvalue weighted by Crippen LogP contribution is 2.24. The lowest BCUT2D eigenvalue weighted by Gasteiger charge is -2.13. The van der Waals surface area contributed by atoms with Crippen LogP contribution in [0.3, 0.4) is 0 Å². The maximum absolute atomic E-state index is 10.6. The molecule has 1 rings (SSSR count). The molecular formula is C10H10ClNO3S. The number of carbonyl (C=O) groups is 1. The van der Waals surface area contributed by atoms with Gasteiger partial charge in [0.25, 0.3) is 0 Å². The van der Waals surface area contributed by atoms with Crippen molar-refractivity contribution in [1.82, 2.24) is 0 Å². The summed E-state index contributed by atoms with van der Waals surface area (Å²) < 4.78 is 5.20. The molecule has 0 saturated carbocycles. The number of nitrogens with two attached hydrogens (primary N) is 1. The lowest BCUT2D eigenvalue weighted by Crippen LogP contribution is -2.24. The summed E-state index contributed by atoms with van der Waals surface area (Å²) in [5, 5.41) is 9.14. The summed E-state index contributed by atoms with van der Waals surface area (Å²) >= 11 is 10.6. The quantitative estimate of drug-likeness (QED) is 0.807. The number of benzene rings is 1. The Morgan fingerprint density at radius 3 is 2.75 bits per heavy atom. The van der Waals surface area contributed by atoms with Gasteiger partial charge in [-0.25, -0.2) is 4.79 Å². The minimum Gasteiger partial charge on any atom is -0.479 e. The molecule has 16 heavy (non-hydrogen) atoms. The van der Waals surface area contributed by atoms with Gasteiger partial charge in [-0.15, -0.1) is 0 Å². The number of carboxylic acids is 1. The van der Waals surface area contributed by atoms with Gasteiger partial charge in [0.15, 0.2) is 6.10 Å². The van der Waals surface area contributed by atoms with Crippen LogP contribution in [-0.4, -0.2) is 22.2 Å². The van der Waals surface area contributed by atoms with Crippen LogP contribution in [0.5, 0.6) is 5.75 Å². The third kappa shape index (κ3) is 3.08. The number of rotatable bonds is 4. The third-order valence-electron chi connectivity index (χ3n) is 1.86. The van der Waals surface area contributed by atoms with Crippen LogP contribution < -0.4 is 10.5 Å². The Labute approximate surface area is 103 Å². The normalized spacial score (nSPS) is 11.9. The molecule has 0 radical (unpaired) electrons. The average Bonchev–Trinajstić information content (AvgIpc) is 2.16. The summed E-state index contributed by atoms with van der Waals surface area (Å²) in [6.07, 6.45) is -0.994. The van der Waals surface area contributed by atoms with Crippen molar-refractivity contribution in [1.29, 1.82) is 0 Å². The van der Waals surface area contributed by atoms with Crippen LogP contribution in [0.15, 0.2) is 18.2 Å². The fourth-order valence-corrected chi connectivity index (χ4v) is 1.37. The van der Waals surface area contributed by atoms with Gasteiger partial charge < -0.3 is 15.6 Å². The van der Waals surface area contributed by atoms with Crippen molar-refractivity contribution in [3.05, 3.63) is 28.8 Å². The largest absolute Gasteiger partial charge is 0.479 e. The van der Waals surface area contributed by atoms with Gasteiger partial charge in [-0.2, -0.15) is 0 Å². The van der Waals surface area contributed by atoms with Crippen LogP contribution in [0.4, 0.5) is 0 Å². The first kappa shape index (κ1) is 12.7. The second-order valence-corrected chi connectivity index (χ2v) is 3.98. The molecule has 1 unspecified atom stereocenters. The smallest absolute Gasteiger partial charge is 0.344 e. The predicted octanol–water partition coefficient (Wildman–Crippen LogP) is 1.83. The molecule has 0 heterocycles. The number of aliphatic carboxylic acids is 1. The summed E-state index contributed by atoms with van der Waals surface area (Å²) in [5.74, 6) is -0.802. The fourth-order valence-electron chi connectivity index (χ4n) is 1.04. The highest BCUT2D eigenvalue weighted by molar-refractivity contribution is 7.80. The van der Waals surface area contributed by atoms with Gasteiger partial charge in [0, 0.05) is 5.02 Å². The first-order chi connectivity index (χ1) is 7.41. The molecule has 3 N–H and O–H groups in total. The molecule has 1 aromatic carbocycles. The number of halogens is 1. The third-order valence-corrected chi connectivity index (χ3v) is 2.32. The van der Waals surface area contributed by atoms with Crippen molar-refractivity contribution < 1.29 is 14.6 Å². The maximum atomic E-state index is 10.6. The standard InChI is InChI=1S/C10H10ClNO3S/c1-5(10(13)14)15-8-4-6(11)2-3-7(8)9(12)16/h2-5H,1H3,(H2,12,16)(H,13,14). The first-order valence-electron chi connectivity index (χ1n) is 4.40. The van der Waals surface area contributed by atoms with E-state index in [0.29, 0.717) is 10.6 Å². The van der Waals surface area contributed by atoms with Crippen molar-refractivity contribution in [2.75, 3.05) is 0 Å². The second kappa shape index (κ2) is 5.14. The van der Waals surface area contributed by atoms with Gasteiger partial charge in [0.05, 0.1) is 5.56 Å². The van der Waals surface area contributed by atoms with E-state index in [4.69, 9.17) is 39.4 Å². The van der Waals surface area contributed by atoms with E-state index < -0.39 is 12.1 Å². The van der Waals surface area contributed by atoms with Crippen molar-refractivity contribution in [3.8, 4) is 5.75 Å². The van der Waals surface area contributed by atoms with E-state index in [9.17, 15) is 4.79 Å². The summed E-state index contributed by atoms with van der Waals surface area (Å²) in [5.41, 5.74) is 5.94. The Morgan fingerprint density at radius 1 is 1.62 bits per heavy atom. The SMILES string of the molecule is CC(Oc1cc(Cl)ccc1C(N)=S)C(=O)O. The van der Waals surface area contributed by atoms with Gasteiger partial charge in [0.1, 0.15) is 10.7 Å². The molecular weight excluding hydrogens is 250 g/mol. The van der Waals surface area contributed by atoms with E-state index in [1.165, 1.54) is 13.0 Å². The Hall–Kier alpha value is -1.33. The molecule has 0 bridgehead atoms. The minimum absolute atomic E-state index is 0.129. The second-order valence-electron chi connectivity index (χ2n) is 3.10. The Balaban J connectivity index is 3.05. The molecule has 0 spiro atoms. The Kier molecular flexibility index (Phi) is 4.09. The number of hydrogen-bond acceptors (Lipinski definition) is 3.